The van der Waals surface area contributed by atoms with Gasteiger partial charge in [-0.05, 0) is 18.2 Å². The average molecular weight is 377 g/mol. The van der Waals surface area contributed by atoms with Gasteiger partial charge in [0.1, 0.15) is 24.3 Å². The first-order valence-corrected chi connectivity index (χ1v) is 9.34. The molecule has 1 aliphatic rings. The van der Waals surface area contributed by atoms with Gasteiger partial charge in [0, 0.05) is 37.2 Å². The number of aromatic nitrogens is 5. The van der Waals surface area contributed by atoms with E-state index in [2.05, 4.69) is 30.2 Å². The molecule has 4 aromatic rings. The summed E-state index contributed by atoms with van der Waals surface area (Å²) in [6.07, 6.45) is 6.76. The maximum absolute atomic E-state index is 12.5. The van der Waals surface area contributed by atoms with Crippen LogP contribution in [0.1, 0.15) is 0 Å². The van der Waals surface area contributed by atoms with Crippen LogP contribution in [0.2, 0.25) is 0 Å². The third-order valence-corrected chi connectivity index (χ3v) is 5.37. The Morgan fingerprint density at radius 1 is 1.15 bits per heavy atom. The lowest BCUT2D eigenvalue weighted by Crippen LogP contribution is -2.52. The Labute approximate surface area is 158 Å². The van der Waals surface area contributed by atoms with Crippen molar-refractivity contribution in [1.29, 1.82) is 0 Å². The molecule has 1 amide bonds. The highest BCUT2D eigenvalue weighted by Gasteiger charge is 2.33. The first-order chi connectivity index (χ1) is 13.3. The number of nitrogens with one attached hydrogen (secondary N) is 1. The fraction of sp³-hybridized carbons (Fsp3) is 0.167. The van der Waals surface area contributed by atoms with Crippen LogP contribution in [0, 0.1) is 5.92 Å². The lowest BCUT2D eigenvalue weighted by atomic mass is 9.99. The quantitative estimate of drug-likeness (QED) is 0.587. The summed E-state index contributed by atoms with van der Waals surface area (Å²) in [5.41, 5.74) is 3.56. The van der Waals surface area contributed by atoms with E-state index in [-0.39, 0.29) is 11.8 Å². The Morgan fingerprint density at radius 3 is 2.89 bits per heavy atom. The third kappa shape index (κ3) is 3.02. The molecule has 0 spiro atoms. The fourth-order valence-corrected chi connectivity index (χ4v) is 3.77. The van der Waals surface area contributed by atoms with Gasteiger partial charge in [-0.3, -0.25) is 9.36 Å². The number of carbonyl (C=O) groups excluding carboxylic acids is 1. The van der Waals surface area contributed by atoms with Crippen LogP contribution >= 0.6 is 11.3 Å². The number of imidazole rings is 1. The molecule has 5 rings (SSSR count). The molecule has 27 heavy (non-hydrogen) atoms. The van der Waals surface area contributed by atoms with E-state index in [4.69, 9.17) is 0 Å². The molecule has 0 aliphatic carbocycles. The molecule has 4 heterocycles. The van der Waals surface area contributed by atoms with Crippen LogP contribution in [0.5, 0.6) is 0 Å². The van der Waals surface area contributed by atoms with E-state index < -0.39 is 0 Å². The highest BCUT2D eigenvalue weighted by molar-refractivity contribution is 7.16. The zero-order valence-corrected chi connectivity index (χ0v) is 15.0. The molecule has 1 N–H and O–H groups in total. The summed E-state index contributed by atoms with van der Waals surface area (Å²) in [4.78, 5) is 31.4. The lowest BCUT2D eigenvalue weighted by Gasteiger charge is -2.39. The van der Waals surface area contributed by atoms with Crippen LogP contribution in [-0.2, 0) is 4.79 Å². The second kappa shape index (κ2) is 6.44. The topological polar surface area (TPSA) is 88.8 Å². The van der Waals surface area contributed by atoms with Crippen LogP contribution in [0.15, 0.2) is 54.8 Å². The molecular weight excluding hydrogens is 362 g/mol. The minimum Gasteiger partial charge on any atom is -0.355 e. The van der Waals surface area contributed by atoms with E-state index in [0.29, 0.717) is 13.1 Å². The SMILES string of the molecule is O=C(Nc1ccc2ncsc2c1)C1CN(c2cc(-n3ccnc3)ncn2)C1. The normalized spacial score (nSPS) is 14.3. The first kappa shape index (κ1) is 15.9. The summed E-state index contributed by atoms with van der Waals surface area (Å²) < 4.78 is 2.89. The Morgan fingerprint density at radius 2 is 2.04 bits per heavy atom. The molecule has 0 unspecified atom stereocenters. The molecule has 9 heteroatoms. The van der Waals surface area contributed by atoms with Crippen molar-refractivity contribution in [2.45, 2.75) is 0 Å². The van der Waals surface area contributed by atoms with Gasteiger partial charge in [0.05, 0.1) is 21.6 Å². The van der Waals surface area contributed by atoms with Crippen molar-refractivity contribution in [3.05, 3.63) is 54.8 Å². The van der Waals surface area contributed by atoms with E-state index in [9.17, 15) is 4.79 Å². The van der Waals surface area contributed by atoms with Crippen molar-refractivity contribution in [2.24, 2.45) is 5.92 Å². The van der Waals surface area contributed by atoms with Crippen molar-refractivity contribution in [3.8, 4) is 5.82 Å². The van der Waals surface area contributed by atoms with Crippen LogP contribution in [0.3, 0.4) is 0 Å². The second-order valence-electron chi connectivity index (χ2n) is 6.33. The number of hydrogen-bond acceptors (Lipinski definition) is 7. The molecule has 0 bridgehead atoms. The van der Waals surface area contributed by atoms with Gasteiger partial charge in [0.25, 0.3) is 0 Å². The number of thiazole rings is 1. The third-order valence-electron chi connectivity index (χ3n) is 4.58. The number of nitrogens with zero attached hydrogens (tertiary/aromatic N) is 6. The van der Waals surface area contributed by atoms with Gasteiger partial charge in [0.15, 0.2) is 0 Å². The number of rotatable bonds is 4. The monoisotopic (exact) mass is 377 g/mol. The maximum Gasteiger partial charge on any atom is 0.231 e. The molecule has 1 aliphatic heterocycles. The zero-order valence-electron chi connectivity index (χ0n) is 14.2. The van der Waals surface area contributed by atoms with Crippen molar-refractivity contribution in [2.75, 3.05) is 23.3 Å². The largest absolute Gasteiger partial charge is 0.355 e. The van der Waals surface area contributed by atoms with Gasteiger partial charge < -0.3 is 10.2 Å². The lowest BCUT2D eigenvalue weighted by molar-refractivity contribution is -0.120. The average Bonchev–Trinajstić information content (AvgIpc) is 3.32. The van der Waals surface area contributed by atoms with Crippen LogP contribution < -0.4 is 10.2 Å². The number of hydrogen-bond donors (Lipinski definition) is 1. The second-order valence-corrected chi connectivity index (χ2v) is 7.22. The predicted molar refractivity (Wildman–Crippen MR) is 103 cm³/mol. The van der Waals surface area contributed by atoms with Crippen molar-refractivity contribution in [3.63, 3.8) is 0 Å². The van der Waals surface area contributed by atoms with Gasteiger partial charge in [-0.25, -0.2) is 19.9 Å². The number of carbonyl (C=O) groups is 1. The number of amides is 1. The summed E-state index contributed by atoms with van der Waals surface area (Å²) in [6, 6.07) is 7.67. The van der Waals surface area contributed by atoms with Gasteiger partial charge >= 0.3 is 0 Å². The number of fused-ring (bicyclic) bond motifs is 1. The molecule has 1 saturated heterocycles. The Hall–Kier alpha value is -3.33. The predicted octanol–water partition coefficient (Wildman–Crippen LogP) is 2.35. The molecular formula is C18H15N7OS. The minimum absolute atomic E-state index is 0.0269. The minimum atomic E-state index is -0.0613. The van der Waals surface area contributed by atoms with Gasteiger partial charge in [-0.1, -0.05) is 0 Å². The van der Waals surface area contributed by atoms with Gasteiger partial charge in [-0.15, -0.1) is 11.3 Å². The molecule has 8 nitrogen and oxygen atoms in total. The standard InChI is InChI=1S/C18H15N7OS/c26-18(23-13-1-2-14-15(5-13)27-11-22-14)12-7-25(8-12)17-6-16(20-9-21-17)24-4-3-19-10-24/h1-6,9-12H,7-8H2,(H,23,26). The molecule has 1 fully saturated rings. The fourth-order valence-electron chi connectivity index (χ4n) is 3.05. The molecule has 0 radical (unpaired) electrons. The summed E-state index contributed by atoms with van der Waals surface area (Å²) in [6.45, 7) is 1.27. The van der Waals surface area contributed by atoms with Crippen LogP contribution in [-0.4, -0.2) is 43.5 Å². The van der Waals surface area contributed by atoms with E-state index >= 15 is 0 Å². The van der Waals surface area contributed by atoms with E-state index in [1.807, 2.05) is 35.0 Å². The highest BCUT2D eigenvalue weighted by Crippen LogP contribution is 2.26. The first-order valence-electron chi connectivity index (χ1n) is 8.46. The molecule has 3 aromatic heterocycles. The summed E-state index contributed by atoms with van der Waals surface area (Å²) >= 11 is 1.56. The summed E-state index contributed by atoms with van der Waals surface area (Å²) in [7, 11) is 0. The van der Waals surface area contributed by atoms with E-state index in [0.717, 1.165) is 27.5 Å². The van der Waals surface area contributed by atoms with E-state index in [1.54, 1.807) is 29.4 Å². The maximum atomic E-state index is 12.5. The highest BCUT2D eigenvalue weighted by atomic mass is 32.1. The van der Waals surface area contributed by atoms with E-state index in [1.165, 1.54) is 6.33 Å². The zero-order chi connectivity index (χ0) is 18.2. The Kier molecular flexibility index (Phi) is 3.79. The van der Waals surface area contributed by atoms with Crippen LogP contribution in [0.4, 0.5) is 11.5 Å². The molecule has 1 aromatic carbocycles. The smallest absolute Gasteiger partial charge is 0.231 e. The van der Waals surface area contributed by atoms with Gasteiger partial charge in [0.2, 0.25) is 5.91 Å². The van der Waals surface area contributed by atoms with Crippen LogP contribution in [0.25, 0.3) is 16.0 Å². The summed E-state index contributed by atoms with van der Waals surface area (Å²) in [5, 5.41) is 3.00. The summed E-state index contributed by atoms with van der Waals surface area (Å²) in [5.74, 6) is 1.53. The van der Waals surface area contributed by atoms with Crippen molar-refractivity contribution < 1.29 is 4.79 Å². The molecule has 0 atom stereocenters. The number of benzene rings is 1. The molecule has 0 saturated carbocycles. The Balaban J connectivity index is 1.24. The molecule has 134 valence electrons. The Bertz CT molecular complexity index is 1100. The number of anilines is 2. The van der Waals surface area contributed by atoms with Crippen molar-refractivity contribution >= 4 is 39.0 Å². The van der Waals surface area contributed by atoms with Crippen molar-refractivity contribution in [1.82, 2.24) is 24.5 Å². The van der Waals surface area contributed by atoms with Gasteiger partial charge in [-0.2, -0.15) is 0 Å².